The fraction of sp³-hybridized carbons (Fsp3) is 0.696. The minimum atomic E-state index is 0.0197. The summed E-state index contributed by atoms with van der Waals surface area (Å²) in [5.41, 5.74) is 3.11. The van der Waals surface area contributed by atoms with Crippen molar-refractivity contribution < 1.29 is 4.79 Å². The summed E-state index contributed by atoms with van der Waals surface area (Å²) in [6.45, 7) is 2.47. The van der Waals surface area contributed by atoms with Crippen LogP contribution in [0.5, 0.6) is 0 Å². The molecule has 5 rings (SSSR count). The fourth-order valence-electron chi connectivity index (χ4n) is 6.72. The second-order valence-electron chi connectivity index (χ2n) is 9.75. The highest BCUT2D eigenvalue weighted by molar-refractivity contribution is 5.74. The lowest BCUT2D eigenvalue weighted by Crippen LogP contribution is -2.48. The number of hydrogen-bond acceptors (Lipinski definition) is 2. The Hall–Kier alpha value is -1.55. The summed E-state index contributed by atoms with van der Waals surface area (Å²) >= 11 is 0. The van der Waals surface area contributed by atoms with E-state index in [4.69, 9.17) is 0 Å². The number of carbonyl (C=O) groups is 1. The lowest BCUT2D eigenvalue weighted by atomic mass is 9.73. The van der Waals surface area contributed by atoms with Crippen molar-refractivity contribution in [1.29, 1.82) is 0 Å². The van der Waals surface area contributed by atoms with Gasteiger partial charge in [0.05, 0.1) is 6.04 Å². The van der Waals surface area contributed by atoms with Gasteiger partial charge in [0.2, 0.25) is 0 Å². The predicted molar refractivity (Wildman–Crippen MR) is 108 cm³/mol. The highest BCUT2D eigenvalue weighted by Gasteiger charge is 2.49. The number of carbonyl (C=O) groups excluding carboxylic acids is 1. The molecular weight excluding hydrogens is 334 g/mol. The van der Waals surface area contributed by atoms with E-state index < -0.39 is 0 Å². The summed E-state index contributed by atoms with van der Waals surface area (Å²) in [6.07, 6.45) is 9.45. The summed E-state index contributed by atoms with van der Waals surface area (Å²) < 4.78 is 0. The van der Waals surface area contributed by atoms with E-state index in [-0.39, 0.29) is 17.5 Å². The summed E-state index contributed by atoms with van der Waals surface area (Å²) in [4.78, 5) is 16.8. The zero-order valence-electron chi connectivity index (χ0n) is 16.8. The minimum absolute atomic E-state index is 0.0197. The molecule has 3 aliphatic carbocycles. The molecule has 1 aromatic carbocycles. The normalized spacial score (nSPS) is 34.0. The van der Waals surface area contributed by atoms with E-state index in [1.54, 1.807) is 4.90 Å². The molecule has 1 saturated heterocycles. The van der Waals surface area contributed by atoms with Gasteiger partial charge in [0.1, 0.15) is 0 Å². The standard InChI is InChI=1S/C23H33N3O/c1-25(2)22(27)24-20-15-23(19-6-4-3-5-18(19)20)9-11-26(12-10-23)21-14-16-7-8-17(21)13-16/h3-6,16-17,20-21H,7-15H2,1-2H3,(H,24,27)/t16-,17+,20+,21+/m1/s1. The van der Waals surface area contributed by atoms with Crippen LogP contribution in [0.25, 0.3) is 0 Å². The highest BCUT2D eigenvalue weighted by Crippen LogP contribution is 2.53. The van der Waals surface area contributed by atoms with E-state index in [0.29, 0.717) is 0 Å². The molecule has 4 nitrogen and oxygen atoms in total. The average Bonchev–Trinajstić information content (AvgIpc) is 3.38. The van der Waals surface area contributed by atoms with E-state index >= 15 is 0 Å². The Morgan fingerprint density at radius 2 is 1.93 bits per heavy atom. The van der Waals surface area contributed by atoms with Crippen LogP contribution in [0.15, 0.2) is 24.3 Å². The van der Waals surface area contributed by atoms with Crippen LogP contribution < -0.4 is 5.32 Å². The van der Waals surface area contributed by atoms with E-state index in [1.165, 1.54) is 62.7 Å². The number of nitrogens with zero attached hydrogens (tertiary/aromatic N) is 2. The second kappa shape index (κ2) is 6.51. The predicted octanol–water partition coefficient (Wildman–Crippen LogP) is 3.92. The van der Waals surface area contributed by atoms with Gasteiger partial charge in [-0.15, -0.1) is 0 Å². The van der Waals surface area contributed by atoms with E-state index in [0.717, 1.165) is 24.3 Å². The first kappa shape index (κ1) is 17.5. The molecule has 0 aromatic heterocycles. The van der Waals surface area contributed by atoms with Crippen molar-refractivity contribution in [3.05, 3.63) is 35.4 Å². The van der Waals surface area contributed by atoms with Crippen molar-refractivity contribution in [2.45, 2.75) is 62.4 Å². The molecule has 2 amide bonds. The van der Waals surface area contributed by atoms with Crippen LogP contribution in [-0.2, 0) is 5.41 Å². The molecule has 1 aliphatic heterocycles. The summed E-state index contributed by atoms with van der Waals surface area (Å²) in [7, 11) is 3.64. The van der Waals surface area contributed by atoms with Gasteiger partial charge in [-0.1, -0.05) is 30.7 Å². The fourth-order valence-corrected chi connectivity index (χ4v) is 6.72. The Kier molecular flexibility index (Phi) is 4.23. The molecule has 0 radical (unpaired) electrons. The molecule has 4 atom stereocenters. The Bertz CT molecular complexity index is 722. The van der Waals surface area contributed by atoms with E-state index in [1.807, 2.05) is 14.1 Å². The molecule has 4 heteroatoms. The number of amides is 2. The summed E-state index contributed by atoms with van der Waals surface area (Å²) in [5, 5.41) is 3.27. The average molecular weight is 368 g/mol. The number of urea groups is 1. The number of nitrogens with one attached hydrogen (secondary N) is 1. The first-order valence-corrected chi connectivity index (χ1v) is 10.9. The number of piperidine rings is 1. The number of hydrogen-bond donors (Lipinski definition) is 1. The molecule has 27 heavy (non-hydrogen) atoms. The van der Waals surface area contributed by atoms with Gasteiger partial charge in [-0.3, -0.25) is 0 Å². The van der Waals surface area contributed by atoms with Crippen LogP contribution in [-0.4, -0.2) is 49.1 Å². The topological polar surface area (TPSA) is 35.6 Å². The van der Waals surface area contributed by atoms with Crippen molar-refractivity contribution in [2.75, 3.05) is 27.2 Å². The molecule has 1 aromatic rings. The van der Waals surface area contributed by atoms with Gasteiger partial charge in [-0.25, -0.2) is 4.79 Å². The molecule has 1 heterocycles. The quantitative estimate of drug-likeness (QED) is 0.860. The largest absolute Gasteiger partial charge is 0.331 e. The van der Waals surface area contributed by atoms with Gasteiger partial charge >= 0.3 is 6.03 Å². The van der Waals surface area contributed by atoms with Crippen LogP contribution in [0.3, 0.4) is 0 Å². The molecule has 3 fully saturated rings. The minimum Gasteiger partial charge on any atom is -0.331 e. The molecule has 4 aliphatic rings. The van der Waals surface area contributed by atoms with Gasteiger partial charge in [-0.05, 0) is 74.6 Å². The number of rotatable bonds is 2. The molecule has 1 N–H and O–H groups in total. The van der Waals surface area contributed by atoms with Crippen LogP contribution in [0.4, 0.5) is 4.79 Å². The molecule has 146 valence electrons. The Morgan fingerprint density at radius 3 is 2.59 bits per heavy atom. The Balaban J connectivity index is 1.32. The van der Waals surface area contributed by atoms with E-state index in [2.05, 4.69) is 34.5 Å². The lowest BCUT2D eigenvalue weighted by Gasteiger charge is -2.44. The van der Waals surface area contributed by atoms with Gasteiger partial charge in [-0.2, -0.15) is 0 Å². The smallest absolute Gasteiger partial charge is 0.317 e. The van der Waals surface area contributed by atoms with Gasteiger partial charge in [0.15, 0.2) is 0 Å². The molecule has 0 unspecified atom stereocenters. The Labute approximate surface area is 163 Å². The number of benzene rings is 1. The monoisotopic (exact) mass is 367 g/mol. The maximum absolute atomic E-state index is 12.3. The molecular formula is C23H33N3O. The maximum Gasteiger partial charge on any atom is 0.317 e. The molecule has 1 spiro atoms. The van der Waals surface area contributed by atoms with E-state index in [9.17, 15) is 4.79 Å². The first-order valence-electron chi connectivity index (χ1n) is 10.9. The third-order valence-electron chi connectivity index (χ3n) is 8.13. The van der Waals surface area contributed by atoms with Gasteiger partial charge in [0, 0.05) is 25.6 Å². The van der Waals surface area contributed by atoms with Crippen molar-refractivity contribution in [2.24, 2.45) is 11.8 Å². The summed E-state index contributed by atoms with van der Waals surface area (Å²) in [6, 6.07) is 9.89. The third-order valence-corrected chi connectivity index (χ3v) is 8.13. The van der Waals surface area contributed by atoms with Crippen LogP contribution in [0.2, 0.25) is 0 Å². The number of fused-ring (bicyclic) bond motifs is 4. The maximum atomic E-state index is 12.3. The van der Waals surface area contributed by atoms with Gasteiger partial charge in [0.25, 0.3) is 0 Å². The molecule has 2 bridgehead atoms. The van der Waals surface area contributed by atoms with Crippen molar-refractivity contribution in [3.63, 3.8) is 0 Å². The summed E-state index contributed by atoms with van der Waals surface area (Å²) in [5.74, 6) is 2.00. The third kappa shape index (κ3) is 2.88. The van der Waals surface area contributed by atoms with Crippen LogP contribution in [0, 0.1) is 11.8 Å². The Morgan fingerprint density at radius 1 is 1.15 bits per heavy atom. The lowest BCUT2D eigenvalue weighted by molar-refractivity contribution is 0.0812. The van der Waals surface area contributed by atoms with Crippen molar-refractivity contribution in [1.82, 2.24) is 15.1 Å². The second-order valence-corrected chi connectivity index (χ2v) is 9.75. The van der Waals surface area contributed by atoms with Crippen LogP contribution >= 0.6 is 0 Å². The van der Waals surface area contributed by atoms with Crippen LogP contribution in [0.1, 0.15) is 62.1 Å². The SMILES string of the molecule is CN(C)C(=O)N[C@H]1CC2(CCN([C@H]3C[C@@H]4CC[C@H]3C4)CC2)c2ccccc21. The zero-order chi connectivity index (χ0) is 18.6. The first-order chi connectivity index (χ1) is 13.1. The van der Waals surface area contributed by atoms with Crippen molar-refractivity contribution >= 4 is 6.03 Å². The van der Waals surface area contributed by atoms with Crippen molar-refractivity contribution in [3.8, 4) is 0 Å². The van der Waals surface area contributed by atoms with Gasteiger partial charge < -0.3 is 15.1 Å². The zero-order valence-corrected chi connectivity index (χ0v) is 16.8. The molecule has 2 saturated carbocycles. The highest BCUT2D eigenvalue weighted by atomic mass is 16.2. The number of likely N-dealkylation sites (tertiary alicyclic amines) is 1.